The molecule has 0 aliphatic carbocycles. The van der Waals surface area contributed by atoms with Crippen molar-refractivity contribution in [3.63, 3.8) is 0 Å². The van der Waals surface area contributed by atoms with Gasteiger partial charge in [-0.05, 0) is 34.0 Å². The average Bonchev–Trinajstić information content (AvgIpc) is 2.32. The van der Waals surface area contributed by atoms with Crippen molar-refractivity contribution in [2.45, 2.75) is 13.3 Å². The van der Waals surface area contributed by atoms with Crippen molar-refractivity contribution in [2.24, 2.45) is 0 Å². The van der Waals surface area contributed by atoms with Gasteiger partial charge in [-0.25, -0.2) is 4.98 Å². The molecule has 0 unspecified atom stereocenters. The van der Waals surface area contributed by atoms with Crippen molar-refractivity contribution in [3.8, 4) is 11.4 Å². The molecule has 0 bridgehead atoms. The Bertz CT molecular complexity index is 565. The summed E-state index contributed by atoms with van der Waals surface area (Å²) in [6.07, 6.45) is 5.84. The summed E-state index contributed by atoms with van der Waals surface area (Å²) in [7, 11) is 0. The van der Waals surface area contributed by atoms with Crippen LogP contribution < -0.4 is 5.56 Å². The zero-order valence-electron chi connectivity index (χ0n) is 8.70. The first-order chi connectivity index (χ1) is 7.72. The van der Waals surface area contributed by atoms with Gasteiger partial charge in [0.15, 0.2) is 0 Å². The minimum atomic E-state index is -0.177. The number of aromatic amines is 1. The summed E-state index contributed by atoms with van der Waals surface area (Å²) in [5, 5.41) is 0. The number of nitrogens with zero attached hydrogens (tertiary/aromatic N) is 2. The summed E-state index contributed by atoms with van der Waals surface area (Å²) >= 11 is 3.12. The van der Waals surface area contributed by atoms with E-state index in [1.807, 2.05) is 13.0 Å². The summed E-state index contributed by atoms with van der Waals surface area (Å²) in [6.45, 7) is 2.04. The second kappa shape index (κ2) is 4.57. The molecule has 0 atom stereocenters. The van der Waals surface area contributed by atoms with E-state index < -0.39 is 0 Å². The summed E-state index contributed by atoms with van der Waals surface area (Å²) in [4.78, 5) is 22.4. The minimum Gasteiger partial charge on any atom is -0.306 e. The quantitative estimate of drug-likeness (QED) is 0.917. The number of halogens is 1. The lowest BCUT2D eigenvalue weighted by molar-refractivity contribution is 1.06. The van der Waals surface area contributed by atoms with Gasteiger partial charge in [0.1, 0.15) is 10.3 Å². The SMILES string of the molecule is CCc1cnccc1-c1ncc(Br)c(=O)[nH]1. The van der Waals surface area contributed by atoms with Gasteiger partial charge in [-0.1, -0.05) is 6.92 Å². The molecule has 0 amide bonds. The van der Waals surface area contributed by atoms with Crippen molar-refractivity contribution in [1.82, 2.24) is 15.0 Å². The Hall–Kier alpha value is -1.49. The Balaban J connectivity index is 2.58. The monoisotopic (exact) mass is 279 g/mol. The number of aromatic nitrogens is 3. The molecular weight excluding hydrogens is 270 g/mol. The summed E-state index contributed by atoms with van der Waals surface area (Å²) in [5.41, 5.74) is 1.80. The molecule has 5 heteroatoms. The molecule has 0 fully saturated rings. The van der Waals surface area contributed by atoms with Gasteiger partial charge in [0.25, 0.3) is 5.56 Å². The molecule has 1 N–H and O–H groups in total. The molecule has 2 aromatic heterocycles. The molecule has 0 aliphatic heterocycles. The lowest BCUT2D eigenvalue weighted by Crippen LogP contribution is -2.09. The van der Waals surface area contributed by atoms with E-state index in [2.05, 4.69) is 30.9 Å². The number of hydrogen-bond acceptors (Lipinski definition) is 3. The third-order valence-corrected chi connectivity index (χ3v) is 2.86. The molecule has 16 heavy (non-hydrogen) atoms. The molecule has 4 nitrogen and oxygen atoms in total. The number of H-pyrrole nitrogens is 1. The molecule has 0 saturated carbocycles. The van der Waals surface area contributed by atoms with E-state index in [0.717, 1.165) is 17.5 Å². The second-order valence-corrected chi connectivity index (χ2v) is 4.15. The van der Waals surface area contributed by atoms with Gasteiger partial charge in [-0.3, -0.25) is 9.78 Å². The number of pyridine rings is 1. The Morgan fingerprint density at radius 1 is 1.44 bits per heavy atom. The lowest BCUT2D eigenvalue weighted by atomic mass is 10.1. The maximum Gasteiger partial charge on any atom is 0.265 e. The first-order valence-corrected chi connectivity index (χ1v) is 5.69. The predicted octanol–water partition coefficient (Wildman–Crippen LogP) is 2.16. The van der Waals surface area contributed by atoms with Gasteiger partial charge in [0.05, 0.1) is 0 Å². The molecule has 0 aromatic carbocycles. The van der Waals surface area contributed by atoms with E-state index in [4.69, 9.17) is 0 Å². The molecule has 82 valence electrons. The molecule has 2 aromatic rings. The van der Waals surface area contributed by atoms with Gasteiger partial charge in [0, 0.05) is 24.2 Å². The zero-order valence-corrected chi connectivity index (χ0v) is 10.3. The Labute approximate surface area is 101 Å². The fourth-order valence-corrected chi connectivity index (χ4v) is 1.66. The highest BCUT2D eigenvalue weighted by Gasteiger charge is 2.06. The van der Waals surface area contributed by atoms with Gasteiger partial charge < -0.3 is 4.98 Å². The molecule has 2 rings (SSSR count). The topological polar surface area (TPSA) is 58.6 Å². The molecule has 2 heterocycles. The zero-order chi connectivity index (χ0) is 11.5. The Kier molecular flexibility index (Phi) is 3.14. The summed E-state index contributed by atoms with van der Waals surface area (Å²) < 4.78 is 0.434. The van der Waals surface area contributed by atoms with Crippen LogP contribution in [0.1, 0.15) is 12.5 Å². The first kappa shape index (κ1) is 11.0. The summed E-state index contributed by atoms with van der Waals surface area (Å²) in [6, 6.07) is 1.85. The van der Waals surface area contributed by atoms with Crippen LogP contribution in [0.15, 0.2) is 33.9 Å². The van der Waals surface area contributed by atoms with Crippen molar-refractivity contribution in [1.29, 1.82) is 0 Å². The van der Waals surface area contributed by atoms with Crippen LogP contribution in [-0.4, -0.2) is 15.0 Å². The van der Waals surface area contributed by atoms with Crippen LogP contribution in [0.2, 0.25) is 0 Å². The maximum atomic E-state index is 11.5. The smallest absolute Gasteiger partial charge is 0.265 e. The van der Waals surface area contributed by atoms with E-state index in [9.17, 15) is 4.79 Å². The van der Waals surface area contributed by atoms with E-state index in [-0.39, 0.29) is 5.56 Å². The number of hydrogen-bond donors (Lipinski definition) is 1. The number of nitrogens with one attached hydrogen (secondary N) is 1. The van der Waals surface area contributed by atoms with E-state index >= 15 is 0 Å². The van der Waals surface area contributed by atoms with E-state index in [1.165, 1.54) is 6.20 Å². The van der Waals surface area contributed by atoms with Crippen LogP contribution in [0, 0.1) is 0 Å². The normalized spacial score (nSPS) is 10.4. The van der Waals surface area contributed by atoms with Crippen LogP contribution in [-0.2, 0) is 6.42 Å². The molecule has 0 radical (unpaired) electrons. The van der Waals surface area contributed by atoms with Gasteiger partial charge in [-0.15, -0.1) is 0 Å². The Morgan fingerprint density at radius 3 is 2.94 bits per heavy atom. The predicted molar refractivity (Wildman–Crippen MR) is 65.2 cm³/mol. The molecule has 0 saturated heterocycles. The van der Waals surface area contributed by atoms with Crippen LogP contribution >= 0.6 is 15.9 Å². The fraction of sp³-hybridized carbons (Fsp3) is 0.182. The highest BCUT2D eigenvalue weighted by atomic mass is 79.9. The minimum absolute atomic E-state index is 0.177. The standard InChI is InChI=1S/C11H10BrN3O/c1-2-7-5-13-4-3-8(7)10-14-6-9(12)11(16)15-10/h3-6H,2H2,1H3,(H,14,15,16). The number of rotatable bonds is 2. The fourth-order valence-electron chi connectivity index (χ4n) is 1.46. The van der Waals surface area contributed by atoms with Crippen molar-refractivity contribution >= 4 is 15.9 Å². The van der Waals surface area contributed by atoms with Crippen LogP contribution in [0.5, 0.6) is 0 Å². The van der Waals surface area contributed by atoms with Crippen LogP contribution in [0.4, 0.5) is 0 Å². The van der Waals surface area contributed by atoms with Crippen molar-refractivity contribution in [2.75, 3.05) is 0 Å². The van der Waals surface area contributed by atoms with Crippen molar-refractivity contribution in [3.05, 3.63) is 45.0 Å². The van der Waals surface area contributed by atoms with Crippen LogP contribution in [0.3, 0.4) is 0 Å². The maximum absolute atomic E-state index is 11.5. The third kappa shape index (κ3) is 2.04. The highest BCUT2D eigenvalue weighted by molar-refractivity contribution is 9.10. The van der Waals surface area contributed by atoms with E-state index in [0.29, 0.717) is 10.3 Å². The highest BCUT2D eigenvalue weighted by Crippen LogP contribution is 2.18. The second-order valence-electron chi connectivity index (χ2n) is 3.30. The van der Waals surface area contributed by atoms with Crippen LogP contribution in [0.25, 0.3) is 11.4 Å². The molecular formula is C11H10BrN3O. The van der Waals surface area contributed by atoms with Gasteiger partial charge in [0.2, 0.25) is 0 Å². The van der Waals surface area contributed by atoms with E-state index in [1.54, 1.807) is 12.4 Å². The molecule has 0 spiro atoms. The largest absolute Gasteiger partial charge is 0.306 e. The van der Waals surface area contributed by atoms with Gasteiger partial charge in [-0.2, -0.15) is 0 Å². The van der Waals surface area contributed by atoms with Gasteiger partial charge >= 0.3 is 0 Å². The lowest BCUT2D eigenvalue weighted by Gasteiger charge is -2.05. The first-order valence-electron chi connectivity index (χ1n) is 4.90. The summed E-state index contributed by atoms with van der Waals surface area (Å²) in [5.74, 6) is 0.576. The number of aryl methyl sites for hydroxylation is 1. The average molecular weight is 280 g/mol. The van der Waals surface area contributed by atoms with Crippen molar-refractivity contribution < 1.29 is 0 Å². The molecule has 0 aliphatic rings. The third-order valence-electron chi connectivity index (χ3n) is 2.30. The Morgan fingerprint density at radius 2 is 2.25 bits per heavy atom.